The second-order valence-corrected chi connectivity index (χ2v) is 2.09. The molecule has 0 radical (unpaired) electrons. The van der Waals surface area contributed by atoms with E-state index in [-0.39, 0.29) is 0 Å². The van der Waals surface area contributed by atoms with Crippen LogP contribution in [-0.4, -0.2) is 12.7 Å². The Labute approximate surface area is 54.0 Å². The predicted molar refractivity (Wildman–Crippen MR) is 35.8 cm³/mol. The Balaban J connectivity index is 2.52. The molecule has 1 rings (SSSR count). The van der Waals surface area contributed by atoms with Gasteiger partial charge in [-0.3, -0.25) is 0 Å². The third-order valence-corrected chi connectivity index (χ3v) is 1.36. The van der Waals surface area contributed by atoms with Gasteiger partial charge in [0.05, 0.1) is 0 Å². The fourth-order valence-corrected chi connectivity index (χ4v) is 0.790. The molecule has 2 N–H and O–H groups in total. The van der Waals surface area contributed by atoms with Crippen molar-refractivity contribution in [2.75, 3.05) is 6.54 Å². The summed E-state index contributed by atoms with van der Waals surface area (Å²) < 4.78 is 12.3. The smallest absolute Gasteiger partial charge is 0.122 e. The highest BCUT2D eigenvalue weighted by Crippen LogP contribution is 2.11. The quantitative estimate of drug-likeness (QED) is 0.562. The number of rotatable bonds is 1. The molecule has 0 bridgehead atoms. The van der Waals surface area contributed by atoms with E-state index in [9.17, 15) is 4.39 Å². The van der Waals surface area contributed by atoms with E-state index >= 15 is 0 Å². The zero-order valence-corrected chi connectivity index (χ0v) is 5.18. The zero-order chi connectivity index (χ0) is 6.69. The number of hydrogen-bond donors (Lipinski definition) is 1. The summed E-state index contributed by atoms with van der Waals surface area (Å²) in [7, 11) is 0. The maximum absolute atomic E-state index is 12.3. The Morgan fingerprint density at radius 3 is 3.00 bits per heavy atom. The van der Waals surface area contributed by atoms with E-state index in [0.717, 1.165) is 5.57 Å². The Bertz CT molecular complexity index is 149. The van der Waals surface area contributed by atoms with E-state index in [1.165, 1.54) is 0 Å². The first-order valence-electron chi connectivity index (χ1n) is 3.04. The third-order valence-electron chi connectivity index (χ3n) is 1.36. The number of hydrogen-bond acceptors (Lipinski definition) is 1. The predicted octanol–water partition coefficient (Wildman–Crippen LogP) is 1.17. The molecule has 0 aromatic carbocycles. The highest BCUT2D eigenvalue weighted by molar-refractivity contribution is 5.25. The zero-order valence-electron chi connectivity index (χ0n) is 5.18. The van der Waals surface area contributed by atoms with E-state index in [1.807, 2.05) is 6.08 Å². The van der Waals surface area contributed by atoms with Crippen molar-refractivity contribution in [1.29, 1.82) is 0 Å². The number of halogens is 1. The second-order valence-electron chi connectivity index (χ2n) is 2.09. The van der Waals surface area contributed by atoms with Gasteiger partial charge in [0.1, 0.15) is 6.17 Å². The Kier molecular flexibility index (Phi) is 2.01. The summed E-state index contributed by atoms with van der Waals surface area (Å²) in [5, 5.41) is 0. The Morgan fingerprint density at radius 2 is 2.56 bits per heavy atom. The monoisotopic (exact) mass is 127 g/mol. The van der Waals surface area contributed by atoms with Gasteiger partial charge in [-0.15, -0.1) is 0 Å². The van der Waals surface area contributed by atoms with Crippen molar-refractivity contribution in [1.82, 2.24) is 0 Å². The normalized spacial score (nSPS) is 26.0. The summed E-state index contributed by atoms with van der Waals surface area (Å²) in [5.74, 6) is 0. The van der Waals surface area contributed by atoms with Crippen molar-refractivity contribution in [2.24, 2.45) is 5.73 Å². The van der Waals surface area contributed by atoms with Gasteiger partial charge in [0.2, 0.25) is 0 Å². The van der Waals surface area contributed by atoms with E-state index in [1.54, 1.807) is 12.2 Å². The summed E-state index contributed by atoms with van der Waals surface area (Å²) in [5.41, 5.74) is 6.34. The van der Waals surface area contributed by atoms with Crippen molar-refractivity contribution in [2.45, 2.75) is 12.6 Å². The topological polar surface area (TPSA) is 26.0 Å². The van der Waals surface area contributed by atoms with Crippen LogP contribution in [0, 0.1) is 0 Å². The molecular formula is C7H10FN. The molecule has 0 saturated carbocycles. The van der Waals surface area contributed by atoms with Gasteiger partial charge < -0.3 is 5.73 Å². The molecule has 1 unspecified atom stereocenters. The van der Waals surface area contributed by atoms with Crippen molar-refractivity contribution >= 4 is 0 Å². The number of nitrogens with two attached hydrogens (primary N) is 1. The van der Waals surface area contributed by atoms with Gasteiger partial charge in [-0.05, 0) is 5.57 Å². The highest BCUT2D eigenvalue weighted by Gasteiger charge is 2.03. The minimum Gasteiger partial charge on any atom is -0.327 e. The van der Waals surface area contributed by atoms with Crippen LogP contribution in [0.4, 0.5) is 4.39 Å². The molecule has 0 heterocycles. The maximum Gasteiger partial charge on any atom is 0.122 e. The molecule has 1 atom stereocenters. The van der Waals surface area contributed by atoms with Crippen LogP contribution in [0.15, 0.2) is 23.8 Å². The van der Waals surface area contributed by atoms with Crippen molar-refractivity contribution in [3.63, 3.8) is 0 Å². The van der Waals surface area contributed by atoms with E-state index < -0.39 is 6.17 Å². The van der Waals surface area contributed by atoms with Crippen LogP contribution in [0.2, 0.25) is 0 Å². The minimum atomic E-state index is -0.791. The first kappa shape index (κ1) is 6.49. The largest absolute Gasteiger partial charge is 0.327 e. The van der Waals surface area contributed by atoms with Crippen LogP contribution >= 0.6 is 0 Å². The summed E-state index contributed by atoms with van der Waals surface area (Å²) >= 11 is 0. The molecule has 2 heteroatoms. The lowest BCUT2D eigenvalue weighted by Crippen LogP contribution is -2.06. The van der Waals surface area contributed by atoms with Gasteiger partial charge in [-0.25, -0.2) is 4.39 Å². The molecule has 0 saturated heterocycles. The van der Waals surface area contributed by atoms with Crippen molar-refractivity contribution in [3.8, 4) is 0 Å². The lowest BCUT2D eigenvalue weighted by molar-refractivity contribution is 0.400. The molecule has 1 nitrogen and oxygen atoms in total. The van der Waals surface area contributed by atoms with E-state index in [2.05, 4.69) is 0 Å². The minimum absolute atomic E-state index is 0.489. The number of allylic oxidation sites excluding steroid dienone is 2. The van der Waals surface area contributed by atoms with Gasteiger partial charge in [-0.2, -0.15) is 0 Å². The average molecular weight is 127 g/mol. The average Bonchev–Trinajstić information content (AvgIpc) is 1.90. The molecule has 1 aliphatic rings. The Morgan fingerprint density at radius 1 is 1.78 bits per heavy atom. The molecule has 1 aliphatic carbocycles. The summed E-state index contributed by atoms with van der Waals surface area (Å²) in [6.07, 6.45) is 4.82. The Hall–Kier alpha value is -0.630. The van der Waals surface area contributed by atoms with Gasteiger partial charge in [0.25, 0.3) is 0 Å². The summed E-state index contributed by atoms with van der Waals surface area (Å²) in [6.45, 7) is 0.517. The molecule has 9 heavy (non-hydrogen) atoms. The van der Waals surface area contributed by atoms with Crippen LogP contribution in [0.3, 0.4) is 0 Å². The van der Waals surface area contributed by atoms with Crippen LogP contribution < -0.4 is 5.73 Å². The lowest BCUT2D eigenvalue weighted by Gasteiger charge is -2.06. The van der Waals surface area contributed by atoms with Crippen molar-refractivity contribution in [3.05, 3.63) is 23.8 Å². The third kappa shape index (κ3) is 1.64. The molecule has 0 fully saturated rings. The molecule has 50 valence electrons. The highest BCUT2D eigenvalue weighted by atomic mass is 19.1. The molecule has 0 spiro atoms. The maximum atomic E-state index is 12.3. The molecule has 0 amide bonds. The van der Waals surface area contributed by atoms with E-state index in [4.69, 9.17) is 5.73 Å². The summed E-state index contributed by atoms with van der Waals surface area (Å²) in [4.78, 5) is 0. The lowest BCUT2D eigenvalue weighted by atomic mass is 10.1. The fraction of sp³-hybridized carbons (Fsp3) is 0.429. The first-order chi connectivity index (χ1) is 4.33. The fourth-order valence-electron chi connectivity index (χ4n) is 0.790. The summed E-state index contributed by atoms with van der Waals surface area (Å²) in [6, 6.07) is 0. The van der Waals surface area contributed by atoms with Crippen LogP contribution in [0.25, 0.3) is 0 Å². The van der Waals surface area contributed by atoms with Crippen molar-refractivity contribution < 1.29 is 4.39 Å². The van der Waals surface area contributed by atoms with Gasteiger partial charge in [-0.1, -0.05) is 18.2 Å². The standard InChI is InChI=1S/C7H10FN/c8-7-3-1-6(5-9)2-4-7/h1-3,7H,4-5,9H2. The molecule has 0 aromatic heterocycles. The van der Waals surface area contributed by atoms with Gasteiger partial charge in [0.15, 0.2) is 0 Å². The van der Waals surface area contributed by atoms with Crippen LogP contribution in [0.1, 0.15) is 6.42 Å². The second kappa shape index (κ2) is 2.78. The number of alkyl halides is 1. The van der Waals surface area contributed by atoms with Gasteiger partial charge >= 0.3 is 0 Å². The molecular weight excluding hydrogens is 117 g/mol. The van der Waals surface area contributed by atoms with Gasteiger partial charge in [0, 0.05) is 13.0 Å². The SMILES string of the molecule is NCC1=CCC(F)C=C1. The van der Waals surface area contributed by atoms with E-state index in [0.29, 0.717) is 13.0 Å². The first-order valence-corrected chi connectivity index (χ1v) is 3.04. The molecule has 0 aliphatic heterocycles. The van der Waals surface area contributed by atoms with Crippen LogP contribution in [0.5, 0.6) is 0 Å². The molecule has 0 aromatic rings. The van der Waals surface area contributed by atoms with Crippen LogP contribution in [-0.2, 0) is 0 Å².